The van der Waals surface area contributed by atoms with Crippen LogP contribution in [0.4, 0.5) is 0 Å². The van der Waals surface area contributed by atoms with Gasteiger partial charge in [0.2, 0.25) is 5.91 Å². The number of nitrogens with two attached hydrogens (primary N) is 1. The standard InChI is InChI=1S/C14H11Cl2NO3/c1-19-13-6-8(14(17)18)2-5-12(13)20-9-3-4-10(15)11(16)7-9/h2-7H,1H3,(H2,17,18). The molecule has 1 amide bonds. The van der Waals surface area contributed by atoms with Gasteiger partial charge in [-0.05, 0) is 30.3 Å². The minimum Gasteiger partial charge on any atom is -0.493 e. The van der Waals surface area contributed by atoms with Gasteiger partial charge in [0.05, 0.1) is 17.2 Å². The number of benzene rings is 2. The monoisotopic (exact) mass is 311 g/mol. The van der Waals surface area contributed by atoms with Gasteiger partial charge in [0.25, 0.3) is 0 Å². The molecule has 0 aliphatic carbocycles. The summed E-state index contributed by atoms with van der Waals surface area (Å²) in [4.78, 5) is 11.1. The first-order valence-corrected chi connectivity index (χ1v) is 6.37. The van der Waals surface area contributed by atoms with Crippen LogP contribution in [0.3, 0.4) is 0 Å². The first kappa shape index (κ1) is 14.5. The largest absolute Gasteiger partial charge is 0.493 e. The summed E-state index contributed by atoms with van der Waals surface area (Å²) in [7, 11) is 1.47. The lowest BCUT2D eigenvalue weighted by molar-refractivity contribution is 0.1000. The van der Waals surface area contributed by atoms with Crippen LogP contribution in [-0.2, 0) is 0 Å². The van der Waals surface area contributed by atoms with Crippen LogP contribution in [-0.4, -0.2) is 13.0 Å². The third-order valence-electron chi connectivity index (χ3n) is 2.57. The fraction of sp³-hybridized carbons (Fsp3) is 0.0714. The average molecular weight is 312 g/mol. The Morgan fingerprint density at radius 3 is 2.40 bits per heavy atom. The topological polar surface area (TPSA) is 61.5 Å². The molecule has 0 heterocycles. The number of amides is 1. The summed E-state index contributed by atoms with van der Waals surface area (Å²) in [5.41, 5.74) is 5.55. The lowest BCUT2D eigenvalue weighted by Crippen LogP contribution is -2.10. The van der Waals surface area contributed by atoms with Gasteiger partial charge in [-0.2, -0.15) is 0 Å². The first-order valence-electron chi connectivity index (χ1n) is 5.62. The Hall–Kier alpha value is -1.91. The molecule has 0 aromatic heterocycles. The van der Waals surface area contributed by atoms with Crippen LogP contribution >= 0.6 is 23.2 Å². The maximum Gasteiger partial charge on any atom is 0.248 e. The molecule has 0 saturated carbocycles. The summed E-state index contributed by atoms with van der Waals surface area (Å²) in [6, 6.07) is 9.55. The van der Waals surface area contributed by atoms with Crippen molar-refractivity contribution in [3.63, 3.8) is 0 Å². The molecule has 2 rings (SSSR count). The number of carbonyl (C=O) groups excluding carboxylic acids is 1. The SMILES string of the molecule is COc1cc(C(N)=O)ccc1Oc1ccc(Cl)c(Cl)c1. The van der Waals surface area contributed by atoms with Crippen molar-refractivity contribution in [3.05, 3.63) is 52.0 Å². The van der Waals surface area contributed by atoms with E-state index in [1.807, 2.05) is 0 Å². The number of halogens is 2. The smallest absolute Gasteiger partial charge is 0.248 e. The van der Waals surface area contributed by atoms with Crippen LogP contribution in [0.2, 0.25) is 10.0 Å². The molecule has 0 bridgehead atoms. The second-order valence-corrected chi connectivity index (χ2v) is 4.72. The number of carbonyl (C=O) groups is 1. The van der Waals surface area contributed by atoms with Crippen molar-refractivity contribution in [2.75, 3.05) is 7.11 Å². The number of hydrogen-bond acceptors (Lipinski definition) is 3. The highest BCUT2D eigenvalue weighted by Crippen LogP contribution is 2.34. The number of hydrogen-bond donors (Lipinski definition) is 1. The molecule has 2 aromatic rings. The van der Waals surface area contributed by atoms with Gasteiger partial charge < -0.3 is 15.2 Å². The lowest BCUT2D eigenvalue weighted by Gasteiger charge is -2.11. The summed E-state index contributed by atoms with van der Waals surface area (Å²) in [5, 5.41) is 0.826. The summed E-state index contributed by atoms with van der Waals surface area (Å²) < 4.78 is 10.8. The van der Waals surface area contributed by atoms with Crippen LogP contribution in [0.5, 0.6) is 17.2 Å². The summed E-state index contributed by atoms with van der Waals surface area (Å²) in [5.74, 6) is 0.803. The molecule has 0 aliphatic rings. The maximum atomic E-state index is 11.1. The highest BCUT2D eigenvalue weighted by molar-refractivity contribution is 6.42. The van der Waals surface area contributed by atoms with Crippen LogP contribution < -0.4 is 15.2 Å². The summed E-state index contributed by atoms with van der Waals surface area (Å²) in [6.45, 7) is 0. The van der Waals surface area contributed by atoms with E-state index in [-0.39, 0.29) is 0 Å². The van der Waals surface area contributed by atoms with E-state index in [4.69, 9.17) is 38.4 Å². The maximum absolute atomic E-state index is 11.1. The summed E-state index contributed by atoms with van der Waals surface area (Å²) >= 11 is 11.8. The van der Waals surface area contributed by atoms with Crippen molar-refractivity contribution in [3.8, 4) is 17.2 Å². The zero-order chi connectivity index (χ0) is 14.7. The van der Waals surface area contributed by atoms with Crippen LogP contribution in [0, 0.1) is 0 Å². The van der Waals surface area contributed by atoms with E-state index in [9.17, 15) is 4.79 Å². The Bertz CT molecular complexity index is 659. The Morgan fingerprint density at radius 2 is 1.80 bits per heavy atom. The molecule has 0 radical (unpaired) electrons. The van der Waals surface area contributed by atoms with Crippen LogP contribution in [0.1, 0.15) is 10.4 Å². The number of ether oxygens (including phenoxy) is 2. The fourth-order valence-corrected chi connectivity index (χ4v) is 1.86. The Morgan fingerprint density at radius 1 is 1.05 bits per heavy atom. The molecule has 6 heteroatoms. The highest BCUT2D eigenvalue weighted by Gasteiger charge is 2.10. The molecule has 0 unspecified atom stereocenters. The highest BCUT2D eigenvalue weighted by atomic mass is 35.5. The predicted octanol–water partition coefficient (Wildman–Crippen LogP) is 3.89. The molecule has 0 atom stereocenters. The average Bonchev–Trinajstić information content (AvgIpc) is 2.43. The quantitative estimate of drug-likeness (QED) is 0.931. The summed E-state index contributed by atoms with van der Waals surface area (Å²) in [6.07, 6.45) is 0. The predicted molar refractivity (Wildman–Crippen MR) is 78.0 cm³/mol. The Kier molecular flexibility index (Phi) is 4.37. The fourth-order valence-electron chi connectivity index (χ4n) is 1.57. The molecule has 0 aliphatic heterocycles. The third-order valence-corrected chi connectivity index (χ3v) is 3.31. The number of rotatable bonds is 4. The van der Waals surface area contributed by atoms with E-state index in [1.54, 1.807) is 30.3 Å². The van der Waals surface area contributed by atoms with Crippen LogP contribution in [0.25, 0.3) is 0 Å². The first-order chi connectivity index (χ1) is 9.51. The molecule has 0 spiro atoms. The molecule has 104 valence electrons. The molecule has 0 fully saturated rings. The zero-order valence-electron chi connectivity index (χ0n) is 10.5. The van der Waals surface area contributed by atoms with Gasteiger partial charge in [0.1, 0.15) is 5.75 Å². The minimum atomic E-state index is -0.538. The van der Waals surface area contributed by atoms with Crippen molar-refractivity contribution in [2.45, 2.75) is 0 Å². The van der Waals surface area contributed by atoms with Crippen LogP contribution in [0.15, 0.2) is 36.4 Å². The van der Waals surface area contributed by atoms with E-state index in [1.165, 1.54) is 13.2 Å². The van der Waals surface area contributed by atoms with Gasteiger partial charge in [-0.15, -0.1) is 0 Å². The molecular formula is C14H11Cl2NO3. The van der Waals surface area contributed by atoms with Crippen molar-refractivity contribution in [1.29, 1.82) is 0 Å². The molecule has 0 saturated heterocycles. The molecule has 2 N–H and O–H groups in total. The molecule has 20 heavy (non-hydrogen) atoms. The van der Waals surface area contributed by atoms with E-state index in [0.29, 0.717) is 32.9 Å². The van der Waals surface area contributed by atoms with E-state index in [2.05, 4.69) is 0 Å². The van der Waals surface area contributed by atoms with Crippen molar-refractivity contribution < 1.29 is 14.3 Å². The van der Waals surface area contributed by atoms with Crippen molar-refractivity contribution in [1.82, 2.24) is 0 Å². The Balaban J connectivity index is 2.32. The number of primary amides is 1. The second kappa shape index (κ2) is 6.03. The molecule has 2 aromatic carbocycles. The minimum absolute atomic E-state index is 0.336. The normalized spacial score (nSPS) is 10.2. The van der Waals surface area contributed by atoms with Gasteiger partial charge in [-0.1, -0.05) is 23.2 Å². The van der Waals surface area contributed by atoms with Crippen molar-refractivity contribution in [2.24, 2.45) is 5.73 Å². The van der Waals surface area contributed by atoms with E-state index < -0.39 is 5.91 Å². The van der Waals surface area contributed by atoms with Gasteiger partial charge in [0.15, 0.2) is 11.5 Å². The number of methoxy groups -OCH3 is 1. The molecular weight excluding hydrogens is 301 g/mol. The Labute approximate surface area is 126 Å². The lowest BCUT2D eigenvalue weighted by atomic mass is 10.2. The van der Waals surface area contributed by atoms with Gasteiger partial charge in [-0.25, -0.2) is 0 Å². The van der Waals surface area contributed by atoms with Gasteiger partial charge >= 0.3 is 0 Å². The van der Waals surface area contributed by atoms with Gasteiger partial charge in [0, 0.05) is 11.6 Å². The van der Waals surface area contributed by atoms with Gasteiger partial charge in [-0.3, -0.25) is 4.79 Å². The second-order valence-electron chi connectivity index (χ2n) is 3.91. The van der Waals surface area contributed by atoms with E-state index in [0.717, 1.165) is 0 Å². The van der Waals surface area contributed by atoms with Crippen molar-refractivity contribution >= 4 is 29.1 Å². The third kappa shape index (κ3) is 3.15. The van der Waals surface area contributed by atoms with E-state index >= 15 is 0 Å². The molecule has 4 nitrogen and oxygen atoms in total. The zero-order valence-corrected chi connectivity index (χ0v) is 12.0.